The summed E-state index contributed by atoms with van der Waals surface area (Å²) >= 11 is 12.6. The molecule has 2 N–H and O–H groups in total. The number of allylic oxidation sites excluding steroid dienone is 3. The van der Waals surface area contributed by atoms with E-state index in [4.69, 9.17) is 28.9 Å². The van der Waals surface area contributed by atoms with Crippen molar-refractivity contribution in [3.8, 4) is 18.2 Å². The second-order valence-corrected chi connectivity index (χ2v) is 7.30. The molecule has 1 heterocycles. The maximum absolute atomic E-state index is 9.96. The summed E-state index contributed by atoms with van der Waals surface area (Å²) in [6.07, 6.45) is 2.53. The van der Waals surface area contributed by atoms with Crippen LogP contribution in [0.25, 0.3) is 0 Å². The first-order valence-corrected chi connectivity index (χ1v) is 8.76. The Kier molecular flexibility index (Phi) is 4.59. The summed E-state index contributed by atoms with van der Waals surface area (Å²) in [4.78, 5) is 1.97. The molecule has 2 atom stereocenters. The molecular formula is C19H15Cl2N5. The highest BCUT2D eigenvalue weighted by molar-refractivity contribution is 6.42. The maximum Gasteiger partial charge on any atom is 0.191 e. The van der Waals surface area contributed by atoms with E-state index in [-0.39, 0.29) is 17.2 Å². The Labute approximate surface area is 162 Å². The molecule has 26 heavy (non-hydrogen) atoms. The van der Waals surface area contributed by atoms with E-state index in [1.165, 1.54) is 0 Å². The first-order valence-electron chi connectivity index (χ1n) is 8.00. The van der Waals surface area contributed by atoms with E-state index in [1.54, 1.807) is 18.2 Å². The smallest absolute Gasteiger partial charge is 0.191 e. The van der Waals surface area contributed by atoms with Crippen LogP contribution in [0.15, 0.2) is 41.2 Å². The lowest BCUT2D eigenvalue weighted by molar-refractivity contribution is 0.275. The van der Waals surface area contributed by atoms with Gasteiger partial charge in [-0.25, -0.2) is 0 Å². The molecule has 1 aromatic carbocycles. The topological polar surface area (TPSA) is 101 Å². The Balaban J connectivity index is 2.39. The molecule has 130 valence electrons. The largest absolute Gasteiger partial charge is 0.399 e. The fourth-order valence-electron chi connectivity index (χ4n) is 3.93. The Morgan fingerprint density at radius 2 is 1.92 bits per heavy atom. The molecule has 0 saturated heterocycles. The molecule has 0 spiro atoms. The molecule has 1 aliphatic heterocycles. The van der Waals surface area contributed by atoms with E-state index in [0.717, 1.165) is 12.1 Å². The first-order chi connectivity index (χ1) is 12.4. The molecule has 1 aromatic rings. The van der Waals surface area contributed by atoms with Gasteiger partial charge in [0.2, 0.25) is 0 Å². The minimum atomic E-state index is -1.68. The van der Waals surface area contributed by atoms with Crippen molar-refractivity contribution in [3.63, 3.8) is 0 Å². The summed E-state index contributed by atoms with van der Waals surface area (Å²) in [6.45, 7) is 0.731. The van der Waals surface area contributed by atoms with Crippen molar-refractivity contribution < 1.29 is 0 Å². The van der Waals surface area contributed by atoms with Gasteiger partial charge in [0, 0.05) is 25.7 Å². The van der Waals surface area contributed by atoms with Crippen LogP contribution in [0.2, 0.25) is 10.0 Å². The van der Waals surface area contributed by atoms with Crippen LogP contribution in [0.3, 0.4) is 0 Å². The summed E-state index contributed by atoms with van der Waals surface area (Å²) < 4.78 is 0. The third-order valence-electron chi connectivity index (χ3n) is 5.18. The molecule has 2 aliphatic rings. The summed E-state index contributed by atoms with van der Waals surface area (Å²) in [5.74, 6) is -0.843. The van der Waals surface area contributed by atoms with Gasteiger partial charge in [-0.05, 0) is 29.5 Å². The highest BCUT2D eigenvalue weighted by atomic mass is 35.5. The van der Waals surface area contributed by atoms with E-state index in [9.17, 15) is 15.8 Å². The van der Waals surface area contributed by atoms with Crippen molar-refractivity contribution in [2.75, 3.05) is 13.6 Å². The SMILES string of the molecule is CN1C=C2C(C#N)=C(N)C(C#N)(C#N)[C@@H](c3cccc(Cl)c3Cl)[C@H]2CC1. The number of rotatable bonds is 1. The number of hydrogen-bond donors (Lipinski definition) is 1. The summed E-state index contributed by atoms with van der Waals surface area (Å²) in [5, 5.41) is 30.2. The normalized spacial score (nSPS) is 24.0. The van der Waals surface area contributed by atoms with Gasteiger partial charge in [0.05, 0.1) is 33.5 Å². The molecule has 3 rings (SSSR count). The van der Waals surface area contributed by atoms with Crippen LogP contribution in [0, 0.1) is 45.3 Å². The van der Waals surface area contributed by atoms with Crippen LogP contribution in [0.1, 0.15) is 17.9 Å². The number of nitrogens with zero attached hydrogens (tertiary/aromatic N) is 4. The van der Waals surface area contributed by atoms with Gasteiger partial charge < -0.3 is 10.6 Å². The minimum Gasteiger partial charge on any atom is -0.399 e. The molecule has 0 bridgehead atoms. The monoisotopic (exact) mass is 383 g/mol. The standard InChI is InChI=1S/C19H15Cl2N5/c1-26-6-5-11-14(8-26)13(7-22)18(25)19(9-23,10-24)16(11)12-3-2-4-15(20)17(12)21/h2-4,8,11,16H,5-6,25H2,1H3/t11-,16+/m0/s1. The molecular weight excluding hydrogens is 369 g/mol. The summed E-state index contributed by atoms with van der Waals surface area (Å²) in [5.41, 5.74) is 6.07. The molecule has 0 aromatic heterocycles. The molecule has 5 nitrogen and oxygen atoms in total. The number of nitrogens with two attached hydrogens (primary N) is 1. The zero-order chi connectivity index (χ0) is 19.1. The Hall–Kier alpha value is -2.65. The Bertz CT molecular complexity index is 944. The van der Waals surface area contributed by atoms with Crippen molar-refractivity contribution in [1.82, 2.24) is 4.90 Å². The number of nitriles is 3. The van der Waals surface area contributed by atoms with Crippen LogP contribution < -0.4 is 5.73 Å². The van der Waals surface area contributed by atoms with Gasteiger partial charge >= 0.3 is 0 Å². The molecule has 0 fully saturated rings. The van der Waals surface area contributed by atoms with Crippen molar-refractivity contribution in [1.29, 1.82) is 15.8 Å². The van der Waals surface area contributed by atoms with Gasteiger partial charge in [0.25, 0.3) is 0 Å². The van der Waals surface area contributed by atoms with E-state index in [1.807, 2.05) is 18.1 Å². The molecule has 7 heteroatoms. The minimum absolute atomic E-state index is 0.0242. The predicted molar refractivity (Wildman–Crippen MR) is 98.5 cm³/mol. The molecule has 1 aliphatic carbocycles. The van der Waals surface area contributed by atoms with E-state index in [2.05, 4.69) is 18.2 Å². The molecule has 0 saturated carbocycles. The third kappa shape index (κ3) is 2.43. The van der Waals surface area contributed by atoms with Gasteiger partial charge in [0.15, 0.2) is 5.41 Å². The van der Waals surface area contributed by atoms with Crippen LogP contribution in [0.4, 0.5) is 0 Å². The zero-order valence-corrected chi connectivity index (χ0v) is 15.5. The second kappa shape index (κ2) is 6.58. The van der Waals surface area contributed by atoms with Crippen LogP contribution in [0.5, 0.6) is 0 Å². The fourth-order valence-corrected chi connectivity index (χ4v) is 4.36. The van der Waals surface area contributed by atoms with Crippen LogP contribution >= 0.6 is 23.2 Å². The second-order valence-electron chi connectivity index (χ2n) is 6.51. The van der Waals surface area contributed by atoms with Crippen molar-refractivity contribution >= 4 is 23.2 Å². The highest BCUT2D eigenvalue weighted by Gasteiger charge is 2.54. The average molecular weight is 384 g/mol. The maximum atomic E-state index is 9.96. The van der Waals surface area contributed by atoms with Crippen LogP contribution in [-0.2, 0) is 0 Å². The van der Waals surface area contributed by atoms with Crippen molar-refractivity contribution in [2.45, 2.75) is 12.3 Å². The van der Waals surface area contributed by atoms with Gasteiger partial charge in [-0.1, -0.05) is 35.3 Å². The lowest BCUT2D eigenvalue weighted by Gasteiger charge is -2.44. The van der Waals surface area contributed by atoms with E-state index >= 15 is 0 Å². The lowest BCUT2D eigenvalue weighted by Crippen LogP contribution is -2.44. The predicted octanol–water partition coefficient (Wildman–Crippen LogP) is 3.70. The van der Waals surface area contributed by atoms with Gasteiger partial charge in [-0.2, -0.15) is 15.8 Å². The van der Waals surface area contributed by atoms with Crippen molar-refractivity contribution in [3.05, 3.63) is 56.9 Å². The van der Waals surface area contributed by atoms with Gasteiger partial charge in [-0.15, -0.1) is 0 Å². The first kappa shape index (κ1) is 18.2. The van der Waals surface area contributed by atoms with E-state index in [0.29, 0.717) is 22.0 Å². The molecule has 0 unspecified atom stereocenters. The summed E-state index contributed by atoms with van der Waals surface area (Å²) in [6, 6.07) is 11.4. The number of benzene rings is 1. The van der Waals surface area contributed by atoms with E-state index < -0.39 is 11.3 Å². The third-order valence-corrected chi connectivity index (χ3v) is 6.02. The van der Waals surface area contributed by atoms with Crippen LogP contribution in [-0.4, -0.2) is 18.5 Å². The Morgan fingerprint density at radius 1 is 1.23 bits per heavy atom. The lowest BCUT2D eigenvalue weighted by atomic mass is 9.57. The number of halogens is 2. The average Bonchev–Trinajstić information content (AvgIpc) is 2.64. The fraction of sp³-hybridized carbons (Fsp3) is 0.316. The number of fused-ring (bicyclic) bond motifs is 1. The van der Waals surface area contributed by atoms with Gasteiger partial charge in [-0.3, -0.25) is 0 Å². The van der Waals surface area contributed by atoms with Gasteiger partial charge in [0.1, 0.15) is 6.07 Å². The zero-order valence-electron chi connectivity index (χ0n) is 14.0. The quantitative estimate of drug-likeness (QED) is 0.796. The molecule has 0 amide bonds. The molecule has 0 radical (unpaired) electrons. The highest BCUT2D eigenvalue weighted by Crippen LogP contribution is 2.56. The van der Waals surface area contributed by atoms with Crippen molar-refractivity contribution in [2.24, 2.45) is 17.1 Å². The number of hydrogen-bond acceptors (Lipinski definition) is 5. The Morgan fingerprint density at radius 3 is 2.54 bits per heavy atom. The summed E-state index contributed by atoms with van der Waals surface area (Å²) in [7, 11) is 1.91.